The number of para-hydroxylation sites is 1. The lowest BCUT2D eigenvalue weighted by atomic mass is 10.2. The van der Waals surface area contributed by atoms with E-state index in [4.69, 9.17) is 11.6 Å². The van der Waals surface area contributed by atoms with Crippen LogP contribution in [0.1, 0.15) is 10.4 Å². The van der Waals surface area contributed by atoms with Crippen molar-refractivity contribution in [3.8, 4) is 0 Å². The molecule has 0 spiro atoms. The zero-order chi connectivity index (χ0) is 15.0. The number of amides is 1. The number of nitrogens with zero attached hydrogens (tertiary/aromatic N) is 2. The number of hydrogen-bond acceptors (Lipinski definition) is 3. The molecule has 3 nitrogen and oxygen atoms in total. The van der Waals surface area contributed by atoms with Crippen LogP contribution in [0.2, 0.25) is 4.34 Å². The number of carbonyl (C=O) groups excluding carboxylic acids is 1. The SMILES string of the molecule is Cc1cccc2sc(=NC(=O)Cc3ccc(Cl)s3)n(C)c12. The number of halogens is 1. The van der Waals surface area contributed by atoms with Crippen LogP contribution in [0.3, 0.4) is 0 Å². The summed E-state index contributed by atoms with van der Waals surface area (Å²) >= 11 is 8.83. The first-order valence-electron chi connectivity index (χ1n) is 6.41. The molecule has 3 rings (SSSR count). The standard InChI is InChI=1S/C15H13ClN2OS2/c1-9-4-3-5-11-14(9)18(2)15(21-11)17-13(19)8-10-6-7-12(16)20-10/h3-7H,8H2,1-2H3. The topological polar surface area (TPSA) is 34.4 Å². The van der Waals surface area contributed by atoms with Crippen LogP contribution in [0.25, 0.3) is 10.2 Å². The summed E-state index contributed by atoms with van der Waals surface area (Å²) in [5.41, 5.74) is 2.32. The van der Waals surface area contributed by atoms with Crippen molar-refractivity contribution >= 4 is 50.4 Å². The van der Waals surface area contributed by atoms with Gasteiger partial charge in [0, 0.05) is 11.9 Å². The molecular formula is C15H13ClN2OS2. The normalized spacial score (nSPS) is 12.2. The number of carbonyl (C=O) groups is 1. The number of aryl methyl sites for hydroxylation is 2. The maximum absolute atomic E-state index is 12.1. The average molecular weight is 337 g/mol. The van der Waals surface area contributed by atoms with Crippen molar-refractivity contribution in [3.05, 3.63) is 49.9 Å². The van der Waals surface area contributed by atoms with Crippen LogP contribution < -0.4 is 4.80 Å². The Morgan fingerprint density at radius 3 is 2.76 bits per heavy atom. The number of thiophene rings is 1. The molecule has 6 heteroatoms. The number of rotatable bonds is 2. The minimum Gasteiger partial charge on any atom is -0.319 e. The summed E-state index contributed by atoms with van der Waals surface area (Å²) in [7, 11) is 1.94. The maximum atomic E-state index is 12.1. The molecule has 1 amide bonds. The predicted octanol–water partition coefficient (Wildman–Crippen LogP) is 3.93. The quantitative estimate of drug-likeness (QED) is 0.698. The molecule has 3 aromatic rings. The van der Waals surface area contributed by atoms with E-state index in [2.05, 4.69) is 24.0 Å². The van der Waals surface area contributed by atoms with Gasteiger partial charge in [-0.1, -0.05) is 35.1 Å². The van der Waals surface area contributed by atoms with E-state index in [1.165, 1.54) is 28.2 Å². The molecule has 0 aliphatic rings. The Morgan fingerprint density at radius 1 is 1.29 bits per heavy atom. The molecule has 0 aliphatic carbocycles. The molecule has 0 atom stereocenters. The highest BCUT2D eigenvalue weighted by Crippen LogP contribution is 2.22. The van der Waals surface area contributed by atoms with E-state index < -0.39 is 0 Å². The monoisotopic (exact) mass is 336 g/mol. The van der Waals surface area contributed by atoms with Crippen LogP contribution in [0.15, 0.2) is 35.3 Å². The van der Waals surface area contributed by atoms with Crippen molar-refractivity contribution in [1.29, 1.82) is 0 Å². The van der Waals surface area contributed by atoms with Crippen molar-refractivity contribution < 1.29 is 4.79 Å². The minimum atomic E-state index is -0.145. The average Bonchev–Trinajstić information content (AvgIpc) is 2.95. The van der Waals surface area contributed by atoms with Crippen LogP contribution in [-0.4, -0.2) is 10.5 Å². The van der Waals surface area contributed by atoms with Crippen molar-refractivity contribution in [3.63, 3.8) is 0 Å². The van der Waals surface area contributed by atoms with E-state index in [9.17, 15) is 4.79 Å². The molecule has 0 bridgehead atoms. The van der Waals surface area contributed by atoms with Crippen molar-refractivity contribution in [2.45, 2.75) is 13.3 Å². The van der Waals surface area contributed by atoms with Gasteiger partial charge in [-0.15, -0.1) is 11.3 Å². The van der Waals surface area contributed by atoms with Crippen LogP contribution >= 0.6 is 34.3 Å². The van der Waals surface area contributed by atoms with E-state index in [1.54, 1.807) is 6.07 Å². The van der Waals surface area contributed by atoms with E-state index in [1.807, 2.05) is 23.7 Å². The van der Waals surface area contributed by atoms with Crippen molar-refractivity contribution in [2.24, 2.45) is 12.0 Å². The van der Waals surface area contributed by atoms with E-state index in [0.29, 0.717) is 10.8 Å². The van der Waals surface area contributed by atoms with Crippen LogP contribution in [0, 0.1) is 6.92 Å². The Morgan fingerprint density at radius 2 is 2.10 bits per heavy atom. The molecule has 0 aliphatic heterocycles. The van der Waals surface area contributed by atoms with Gasteiger partial charge in [0.2, 0.25) is 0 Å². The largest absolute Gasteiger partial charge is 0.319 e. The Labute approximate surface area is 135 Å². The summed E-state index contributed by atoms with van der Waals surface area (Å²) in [5.74, 6) is -0.145. The lowest BCUT2D eigenvalue weighted by Gasteiger charge is -1.98. The minimum absolute atomic E-state index is 0.145. The van der Waals surface area contributed by atoms with Crippen LogP contribution in [-0.2, 0) is 18.3 Å². The fraction of sp³-hybridized carbons (Fsp3) is 0.200. The number of benzene rings is 1. The molecule has 21 heavy (non-hydrogen) atoms. The summed E-state index contributed by atoms with van der Waals surface area (Å²) in [4.78, 5) is 18.0. The summed E-state index contributed by atoms with van der Waals surface area (Å²) < 4.78 is 3.82. The van der Waals surface area contributed by atoms with E-state index >= 15 is 0 Å². The van der Waals surface area contributed by atoms with Gasteiger partial charge in [-0.2, -0.15) is 4.99 Å². The third kappa shape index (κ3) is 2.95. The first kappa shape index (κ1) is 14.5. The van der Waals surface area contributed by atoms with Gasteiger partial charge < -0.3 is 4.57 Å². The lowest BCUT2D eigenvalue weighted by molar-refractivity contribution is -0.117. The zero-order valence-corrected chi connectivity index (χ0v) is 14.0. The van der Waals surface area contributed by atoms with E-state index in [0.717, 1.165) is 19.9 Å². The summed E-state index contributed by atoms with van der Waals surface area (Å²) in [6.45, 7) is 2.06. The second kappa shape index (κ2) is 5.75. The smallest absolute Gasteiger partial charge is 0.253 e. The Kier molecular flexibility index (Phi) is 3.97. The first-order valence-corrected chi connectivity index (χ1v) is 8.42. The van der Waals surface area contributed by atoms with Crippen LogP contribution in [0.5, 0.6) is 0 Å². The van der Waals surface area contributed by atoms with Crippen LogP contribution in [0.4, 0.5) is 0 Å². The molecule has 1 aromatic carbocycles. The second-order valence-corrected chi connectivity index (χ2v) is 7.56. The Bertz CT molecular complexity index is 889. The number of fused-ring (bicyclic) bond motifs is 1. The van der Waals surface area contributed by atoms with Gasteiger partial charge >= 0.3 is 0 Å². The second-order valence-electron chi connectivity index (χ2n) is 4.75. The van der Waals surface area contributed by atoms with Gasteiger partial charge in [0.1, 0.15) is 0 Å². The number of hydrogen-bond donors (Lipinski definition) is 0. The predicted molar refractivity (Wildman–Crippen MR) is 89.1 cm³/mol. The summed E-state index contributed by atoms with van der Waals surface area (Å²) in [5, 5.41) is 0. The molecular weight excluding hydrogens is 324 g/mol. The Hall–Kier alpha value is -1.43. The molecule has 2 heterocycles. The molecule has 2 aromatic heterocycles. The lowest BCUT2D eigenvalue weighted by Crippen LogP contribution is -2.14. The molecule has 0 saturated heterocycles. The molecule has 0 N–H and O–H groups in total. The molecule has 0 radical (unpaired) electrons. The van der Waals surface area contributed by atoms with Gasteiger partial charge in [0.15, 0.2) is 4.80 Å². The van der Waals surface area contributed by atoms with Crippen molar-refractivity contribution in [1.82, 2.24) is 4.57 Å². The zero-order valence-electron chi connectivity index (χ0n) is 11.6. The fourth-order valence-corrected chi connectivity index (χ4v) is 4.44. The highest BCUT2D eigenvalue weighted by atomic mass is 35.5. The molecule has 108 valence electrons. The summed E-state index contributed by atoms with van der Waals surface area (Å²) in [6, 6.07) is 9.81. The molecule has 0 fully saturated rings. The van der Waals surface area contributed by atoms with Gasteiger partial charge in [-0.25, -0.2) is 0 Å². The van der Waals surface area contributed by atoms with Gasteiger partial charge in [0.25, 0.3) is 5.91 Å². The highest BCUT2D eigenvalue weighted by Gasteiger charge is 2.08. The third-order valence-electron chi connectivity index (χ3n) is 3.20. The fourth-order valence-electron chi connectivity index (χ4n) is 2.25. The Balaban J connectivity index is 1.98. The maximum Gasteiger partial charge on any atom is 0.253 e. The van der Waals surface area contributed by atoms with Gasteiger partial charge in [-0.05, 0) is 30.7 Å². The van der Waals surface area contributed by atoms with Gasteiger partial charge in [-0.3, -0.25) is 4.79 Å². The van der Waals surface area contributed by atoms with E-state index in [-0.39, 0.29) is 5.91 Å². The van der Waals surface area contributed by atoms with Gasteiger partial charge in [0.05, 0.1) is 21.0 Å². The first-order chi connectivity index (χ1) is 10.0. The summed E-state index contributed by atoms with van der Waals surface area (Å²) in [6.07, 6.45) is 0.296. The molecule has 0 saturated carbocycles. The highest BCUT2D eigenvalue weighted by molar-refractivity contribution is 7.16. The number of thiazole rings is 1. The third-order valence-corrected chi connectivity index (χ3v) is 5.53. The number of aromatic nitrogens is 1. The molecule has 0 unspecified atom stereocenters. The van der Waals surface area contributed by atoms with Crippen molar-refractivity contribution in [2.75, 3.05) is 0 Å².